The van der Waals surface area contributed by atoms with E-state index in [0.29, 0.717) is 5.92 Å². The van der Waals surface area contributed by atoms with Gasteiger partial charge in [-0.1, -0.05) is 62.7 Å². The van der Waals surface area contributed by atoms with Gasteiger partial charge in [-0.15, -0.1) is 0 Å². The molecule has 0 amide bonds. The highest BCUT2D eigenvalue weighted by Crippen LogP contribution is 2.44. The predicted molar refractivity (Wildman–Crippen MR) is 92.6 cm³/mol. The van der Waals surface area contributed by atoms with Crippen molar-refractivity contribution in [1.29, 1.82) is 0 Å². The fourth-order valence-corrected chi connectivity index (χ4v) is 3.61. The van der Waals surface area contributed by atoms with Crippen molar-refractivity contribution >= 4 is 11.6 Å². The van der Waals surface area contributed by atoms with E-state index in [1.807, 2.05) is 0 Å². The van der Waals surface area contributed by atoms with E-state index in [0.717, 1.165) is 6.42 Å². The summed E-state index contributed by atoms with van der Waals surface area (Å²) in [4.78, 5) is 0. The molecular weight excluding hydrogens is 252 g/mol. The van der Waals surface area contributed by atoms with E-state index < -0.39 is 0 Å². The number of hydrogen-bond donors (Lipinski definition) is 0. The monoisotopic (exact) mass is 276 g/mol. The molecule has 0 N–H and O–H groups in total. The van der Waals surface area contributed by atoms with Crippen molar-refractivity contribution in [2.75, 3.05) is 0 Å². The smallest absolute Gasteiger partial charge is 0.00759 e. The molecular formula is C21H24. The van der Waals surface area contributed by atoms with Crippen LogP contribution >= 0.6 is 0 Å². The molecule has 2 aromatic rings. The molecule has 108 valence electrons. The van der Waals surface area contributed by atoms with Crippen LogP contribution in [0, 0.1) is 13.8 Å². The number of hydrogen-bond acceptors (Lipinski definition) is 0. The van der Waals surface area contributed by atoms with Crippen molar-refractivity contribution in [1.82, 2.24) is 0 Å². The molecule has 0 saturated heterocycles. The van der Waals surface area contributed by atoms with Crippen LogP contribution in [-0.2, 0) is 6.42 Å². The molecule has 1 aliphatic carbocycles. The molecule has 0 aromatic heterocycles. The first-order valence-corrected chi connectivity index (χ1v) is 8.03. The summed E-state index contributed by atoms with van der Waals surface area (Å²) in [6.07, 6.45) is 4.76. The Morgan fingerprint density at radius 2 is 1.76 bits per heavy atom. The minimum atomic E-state index is 0.498. The van der Waals surface area contributed by atoms with Crippen molar-refractivity contribution in [3.8, 4) is 0 Å². The highest BCUT2D eigenvalue weighted by Gasteiger charge is 2.25. The van der Waals surface area contributed by atoms with Gasteiger partial charge in [0.25, 0.3) is 0 Å². The average Bonchev–Trinajstić information content (AvgIpc) is 2.82. The molecule has 0 saturated carbocycles. The van der Waals surface area contributed by atoms with Gasteiger partial charge < -0.3 is 0 Å². The summed E-state index contributed by atoms with van der Waals surface area (Å²) in [6.45, 7) is 9.09. The number of fused-ring (bicyclic) bond motifs is 1. The SMILES string of the molecule is CCCc1ccccc1C1=Cc2ccc(C)c(C)c2C1C. The summed E-state index contributed by atoms with van der Waals surface area (Å²) in [5.41, 5.74) is 10.2. The third-order valence-electron chi connectivity index (χ3n) is 4.88. The zero-order valence-corrected chi connectivity index (χ0v) is 13.5. The van der Waals surface area contributed by atoms with E-state index in [-0.39, 0.29) is 0 Å². The Hall–Kier alpha value is -1.82. The normalized spacial score (nSPS) is 16.8. The highest BCUT2D eigenvalue weighted by atomic mass is 14.3. The molecule has 0 heterocycles. The van der Waals surface area contributed by atoms with Crippen molar-refractivity contribution in [2.45, 2.75) is 46.5 Å². The molecule has 0 spiro atoms. The Morgan fingerprint density at radius 1 is 1.00 bits per heavy atom. The summed E-state index contributed by atoms with van der Waals surface area (Å²) in [5, 5.41) is 0. The van der Waals surface area contributed by atoms with E-state index in [2.05, 4.69) is 70.2 Å². The van der Waals surface area contributed by atoms with Crippen molar-refractivity contribution < 1.29 is 0 Å². The fourth-order valence-electron chi connectivity index (χ4n) is 3.61. The molecule has 1 aliphatic rings. The Kier molecular flexibility index (Phi) is 3.71. The first-order chi connectivity index (χ1) is 10.1. The van der Waals surface area contributed by atoms with Crippen molar-refractivity contribution in [3.05, 3.63) is 69.8 Å². The number of aryl methyl sites for hydroxylation is 2. The molecule has 0 bridgehead atoms. The van der Waals surface area contributed by atoms with E-state index in [1.54, 1.807) is 0 Å². The van der Waals surface area contributed by atoms with Crippen LogP contribution in [0.4, 0.5) is 0 Å². The van der Waals surface area contributed by atoms with Gasteiger partial charge in [0.1, 0.15) is 0 Å². The van der Waals surface area contributed by atoms with Crippen molar-refractivity contribution in [3.63, 3.8) is 0 Å². The quantitative estimate of drug-likeness (QED) is 0.653. The maximum atomic E-state index is 2.40. The van der Waals surface area contributed by atoms with E-state index >= 15 is 0 Å². The summed E-state index contributed by atoms with van der Waals surface area (Å²) in [5.74, 6) is 0.498. The first-order valence-electron chi connectivity index (χ1n) is 8.03. The molecule has 0 radical (unpaired) electrons. The van der Waals surface area contributed by atoms with Crippen LogP contribution in [0.15, 0.2) is 36.4 Å². The Bertz CT molecular complexity index is 704. The Morgan fingerprint density at radius 3 is 2.52 bits per heavy atom. The van der Waals surface area contributed by atoms with Crippen LogP contribution < -0.4 is 0 Å². The molecule has 3 rings (SSSR count). The lowest BCUT2D eigenvalue weighted by molar-refractivity contribution is 0.911. The zero-order valence-electron chi connectivity index (χ0n) is 13.5. The summed E-state index contributed by atoms with van der Waals surface area (Å²) >= 11 is 0. The lowest BCUT2D eigenvalue weighted by atomic mass is 9.87. The second kappa shape index (κ2) is 5.52. The van der Waals surface area contributed by atoms with Crippen LogP contribution in [0.2, 0.25) is 0 Å². The van der Waals surface area contributed by atoms with Gasteiger partial charge in [0, 0.05) is 5.92 Å². The van der Waals surface area contributed by atoms with Gasteiger partial charge in [0.2, 0.25) is 0 Å². The second-order valence-corrected chi connectivity index (χ2v) is 6.24. The van der Waals surface area contributed by atoms with Gasteiger partial charge in [-0.05, 0) is 59.2 Å². The molecule has 0 fully saturated rings. The van der Waals surface area contributed by atoms with E-state index in [9.17, 15) is 0 Å². The van der Waals surface area contributed by atoms with Crippen molar-refractivity contribution in [2.24, 2.45) is 0 Å². The number of allylic oxidation sites excluding steroid dienone is 1. The van der Waals surface area contributed by atoms with Crippen LogP contribution in [0.25, 0.3) is 11.6 Å². The largest absolute Gasteiger partial charge is 0.0651 e. The van der Waals surface area contributed by atoms with Gasteiger partial charge in [-0.3, -0.25) is 0 Å². The maximum Gasteiger partial charge on any atom is 0.00759 e. The fraction of sp³-hybridized carbons (Fsp3) is 0.333. The first kappa shape index (κ1) is 14.1. The van der Waals surface area contributed by atoms with Gasteiger partial charge in [0.15, 0.2) is 0 Å². The number of rotatable bonds is 3. The summed E-state index contributed by atoms with van der Waals surface area (Å²) in [6, 6.07) is 13.4. The molecule has 1 atom stereocenters. The highest BCUT2D eigenvalue weighted by molar-refractivity contribution is 5.92. The van der Waals surface area contributed by atoms with Gasteiger partial charge in [-0.25, -0.2) is 0 Å². The molecule has 2 aromatic carbocycles. The molecule has 21 heavy (non-hydrogen) atoms. The number of benzene rings is 2. The minimum Gasteiger partial charge on any atom is -0.0651 e. The molecule has 1 unspecified atom stereocenters. The molecule has 0 aliphatic heterocycles. The lowest BCUT2D eigenvalue weighted by Crippen LogP contribution is -2.00. The van der Waals surface area contributed by atoms with Gasteiger partial charge >= 0.3 is 0 Å². The van der Waals surface area contributed by atoms with E-state index in [1.165, 1.54) is 45.4 Å². The lowest BCUT2D eigenvalue weighted by Gasteiger charge is -2.17. The molecule has 0 heteroatoms. The summed E-state index contributed by atoms with van der Waals surface area (Å²) < 4.78 is 0. The van der Waals surface area contributed by atoms with Crippen LogP contribution in [0.3, 0.4) is 0 Å². The van der Waals surface area contributed by atoms with Crippen LogP contribution in [0.5, 0.6) is 0 Å². The molecule has 0 nitrogen and oxygen atoms in total. The van der Waals surface area contributed by atoms with Gasteiger partial charge in [-0.2, -0.15) is 0 Å². The Labute approximate surface area is 128 Å². The minimum absolute atomic E-state index is 0.498. The standard InChI is InChI=1S/C21H24/c1-5-8-17-9-6-7-10-19(17)20-13-18-12-11-14(2)15(3)21(18)16(20)4/h6-7,9-13,16H,5,8H2,1-4H3. The average molecular weight is 276 g/mol. The predicted octanol–water partition coefficient (Wildman–Crippen LogP) is 5.91. The topological polar surface area (TPSA) is 0 Å². The summed E-state index contributed by atoms with van der Waals surface area (Å²) in [7, 11) is 0. The second-order valence-electron chi connectivity index (χ2n) is 6.24. The Balaban J connectivity index is 2.09. The van der Waals surface area contributed by atoms with Gasteiger partial charge in [0.05, 0.1) is 0 Å². The third-order valence-corrected chi connectivity index (χ3v) is 4.88. The van der Waals surface area contributed by atoms with Crippen LogP contribution in [-0.4, -0.2) is 0 Å². The third kappa shape index (κ3) is 2.33. The van der Waals surface area contributed by atoms with Crippen LogP contribution in [0.1, 0.15) is 59.6 Å². The van der Waals surface area contributed by atoms with E-state index in [4.69, 9.17) is 0 Å². The maximum absolute atomic E-state index is 2.40. The zero-order chi connectivity index (χ0) is 15.0.